The summed E-state index contributed by atoms with van der Waals surface area (Å²) in [6.07, 6.45) is 1.95. The molecule has 17 heavy (non-hydrogen) atoms. The first-order valence-corrected chi connectivity index (χ1v) is 5.53. The lowest BCUT2D eigenvalue weighted by Crippen LogP contribution is -2.15. The van der Waals surface area contributed by atoms with Crippen molar-refractivity contribution in [3.63, 3.8) is 0 Å². The van der Waals surface area contributed by atoms with E-state index in [9.17, 15) is 10.1 Å². The lowest BCUT2D eigenvalue weighted by atomic mass is 10.1. The van der Waals surface area contributed by atoms with Gasteiger partial charge in [0.15, 0.2) is 0 Å². The smallest absolute Gasteiger partial charge is 0.293 e. The Morgan fingerprint density at radius 1 is 1.59 bits per heavy atom. The van der Waals surface area contributed by atoms with Crippen LogP contribution in [0.2, 0.25) is 0 Å². The van der Waals surface area contributed by atoms with Gasteiger partial charge in [-0.1, -0.05) is 13.3 Å². The molecule has 1 N–H and O–H groups in total. The fourth-order valence-corrected chi connectivity index (χ4v) is 1.64. The Kier molecular flexibility index (Phi) is 4.46. The van der Waals surface area contributed by atoms with Crippen LogP contribution in [-0.2, 0) is 0 Å². The zero-order chi connectivity index (χ0) is 12.8. The molecule has 0 aromatic heterocycles. The molecule has 0 radical (unpaired) electrons. The number of benzene rings is 1. The summed E-state index contributed by atoms with van der Waals surface area (Å²) in [5, 5.41) is 22.7. The van der Waals surface area contributed by atoms with Crippen molar-refractivity contribution in [3.05, 3.63) is 33.9 Å². The van der Waals surface area contributed by atoms with Crippen LogP contribution < -0.4 is 5.32 Å². The number of rotatable bonds is 5. The van der Waals surface area contributed by atoms with E-state index < -0.39 is 4.92 Å². The summed E-state index contributed by atoms with van der Waals surface area (Å²) in [7, 11) is 0. The molecule has 90 valence electrons. The summed E-state index contributed by atoms with van der Waals surface area (Å²) in [6, 6.07) is 6.52. The maximum absolute atomic E-state index is 10.9. The van der Waals surface area contributed by atoms with Crippen LogP contribution in [0.4, 0.5) is 11.4 Å². The van der Waals surface area contributed by atoms with Gasteiger partial charge in [-0.15, -0.1) is 0 Å². The average molecular weight is 233 g/mol. The van der Waals surface area contributed by atoms with E-state index in [1.54, 1.807) is 12.1 Å². The van der Waals surface area contributed by atoms with Crippen molar-refractivity contribution in [1.82, 2.24) is 0 Å². The molecular formula is C12H15N3O2. The van der Waals surface area contributed by atoms with Crippen molar-refractivity contribution in [2.75, 3.05) is 5.32 Å². The number of nitrogens with zero attached hydrogens (tertiary/aromatic N) is 2. The highest BCUT2D eigenvalue weighted by Crippen LogP contribution is 2.26. The first-order chi connectivity index (χ1) is 8.08. The summed E-state index contributed by atoms with van der Waals surface area (Å²) in [4.78, 5) is 10.4. The molecule has 0 fully saturated rings. The van der Waals surface area contributed by atoms with Crippen LogP contribution in [0.25, 0.3) is 0 Å². The maximum atomic E-state index is 10.9. The van der Waals surface area contributed by atoms with E-state index in [4.69, 9.17) is 5.26 Å². The Labute approximate surface area is 100 Å². The normalized spacial score (nSPS) is 11.6. The lowest BCUT2D eigenvalue weighted by Gasteiger charge is -2.14. The molecule has 0 bridgehead atoms. The van der Waals surface area contributed by atoms with Gasteiger partial charge >= 0.3 is 0 Å². The standard InChI is InChI=1S/C12H15N3O2/c1-3-4-9(2)14-11-6-5-10(8-13)7-12(11)15(16)17/h5-7,9,14H,3-4H2,1-2H3. The van der Waals surface area contributed by atoms with Crippen molar-refractivity contribution in [2.45, 2.75) is 32.7 Å². The van der Waals surface area contributed by atoms with Gasteiger partial charge in [0.1, 0.15) is 5.69 Å². The van der Waals surface area contributed by atoms with E-state index in [2.05, 4.69) is 12.2 Å². The lowest BCUT2D eigenvalue weighted by molar-refractivity contribution is -0.384. The van der Waals surface area contributed by atoms with Gasteiger partial charge in [0.2, 0.25) is 0 Å². The fourth-order valence-electron chi connectivity index (χ4n) is 1.64. The minimum absolute atomic E-state index is 0.0491. The van der Waals surface area contributed by atoms with Crippen molar-refractivity contribution in [3.8, 4) is 6.07 Å². The van der Waals surface area contributed by atoms with Crippen LogP contribution >= 0.6 is 0 Å². The van der Waals surface area contributed by atoms with Crippen molar-refractivity contribution in [1.29, 1.82) is 5.26 Å². The minimum Gasteiger partial charge on any atom is -0.377 e. The van der Waals surface area contributed by atoms with Gasteiger partial charge in [-0.25, -0.2) is 0 Å². The first kappa shape index (κ1) is 13.0. The van der Waals surface area contributed by atoms with Crippen molar-refractivity contribution >= 4 is 11.4 Å². The molecule has 0 saturated heterocycles. The third-order valence-corrected chi connectivity index (χ3v) is 2.45. The van der Waals surface area contributed by atoms with E-state index in [1.807, 2.05) is 13.0 Å². The van der Waals surface area contributed by atoms with Crippen molar-refractivity contribution in [2.24, 2.45) is 0 Å². The van der Waals surface area contributed by atoms with Crippen LogP contribution in [-0.4, -0.2) is 11.0 Å². The van der Waals surface area contributed by atoms with Gasteiger partial charge < -0.3 is 5.32 Å². The number of nitriles is 1. The Bertz CT molecular complexity index is 452. The van der Waals surface area contributed by atoms with Gasteiger partial charge in [0, 0.05) is 12.1 Å². The molecule has 0 aliphatic heterocycles. The quantitative estimate of drug-likeness (QED) is 0.626. The zero-order valence-corrected chi connectivity index (χ0v) is 9.93. The molecule has 0 aliphatic rings. The van der Waals surface area contributed by atoms with E-state index >= 15 is 0 Å². The number of hydrogen-bond donors (Lipinski definition) is 1. The SMILES string of the molecule is CCCC(C)Nc1ccc(C#N)cc1[N+](=O)[O-]. The number of nitro benzene ring substituents is 1. The molecule has 0 saturated carbocycles. The number of hydrogen-bond acceptors (Lipinski definition) is 4. The van der Waals surface area contributed by atoms with Gasteiger partial charge in [0.05, 0.1) is 16.6 Å². The first-order valence-electron chi connectivity index (χ1n) is 5.53. The molecule has 1 atom stereocenters. The highest BCUT2D eigenvalue weighted by Gasteiger charge is 2.15. The Balaban J connectivity index is 2.99. The minimum atomic E-state index is -0.470. The molecular weight excluding hydrogens is 218 g/mol. The molecule has 0 heterocycles. The second-order valence-electron chi connectivity index (χ2n) is 3.93. The summed E-state index contributed by atoms with van der Waals surface area (Å²) < 4.78 is 0. The van der Waals surface area contributed by atoms with Gasteiger partial charge in [-0.2, -0.15) is 5.26 Å². The largest absolute Gasteiger partial charge is 0.377 e. The number of anilines is 1. The summed E-state index contributed by atoms with van der Waals surface area (Å²) >= 11 is 0. The molecule has 1 rings (SSSR count). The molecule has 1 aromatic carbocycles. The Hall–Kier alpha value is -2.09. The number of nitrogens with one attached hydrogen (secondary N) is 1. The van der Waals surface area contributed by atoms with Crippen LogP contribution in [0.1, 0.15) is 32.3 Å². The molecule has 5 nitrogen and oxygen atoms in total. The third kappa shape index (κ3) is 3.45. The summed E-state index contributed by atoms with van der Waals surface area (Å²) in [5.74, 6) is 0. The van der Waals surface area contributed by atoms with E-state index in [-0.39, 0.29) is 11.7 Å². The van der Waals surface area contributed by atoms with Crippen LogP contribution in [0, 0.1) is 21.4 Å². The Morgan fingerprint density at radius 2 is 2.29 bits per heavy atom. The Morgan fingerprint density at radius 3 is 2.82 bits per heavy atom. The van der Waals surface area contributed by atoms with E-state index in [0.717, 1.165) is 12.8 Å². The number of nitro groups is 1. The third-order valence-electron chi connectivity index (χ3n) is 2.45. The van der Waals surface area contributed by atoms with Crippen molar-refractivity contribution < 1.29 is 4.92 Å². The molecule has 0 amide bonds. The van der Waals surface area contributed by atoms with E-state index in [1.165, 1.54) is 6.07 Å². The molecule has 0 aliphatic carbocycles. The van der Waals surface area contributed by atoms with Crippen LogP contribution in [0.3, 0.4) is 0 Å². The predicted molar refractivity (Wildman–Crippen MR) is 65.8 cm³/mol. The monoisotopic (exact) mass is 233 g/mol. The van der Waals surface area contributed by atoms with Gasteiger partial charge in [-0.3, -0.25) is 10.1 Å². The van der Waals surface area contributed by atoms with Gasteiger partial charge in [-0.05, 0) is 25.5 Å². The summed E-state index contributed by atoms with van der Waals surface area (Å²) in [5.41, 5.74) is 0.715. The molecule has 0 spiro atoms. The maximum Gasteiger partial charge on any atom is 0.293 e. The molecule has 1 aromatic rings. The molecule has 5 heteroatoms. The highest BCUT2D eigenvalue weighted by atomic mass is 16.6. The fraction of sp³-hybridized carbons (Fsp3) is 0.417. The molecule has 1 unspecified atom stereocenters. The topological polar surface area (TPSA) is 79.0 Å². The predicted octanol–water partition coefficient (Wildman–Crippen LogP) is 3.07. The zero-order valence-electron chi connectivity index (χ0n) is 9.93. The summed E-state index contributed by atoms with van der Waals surface area (Å²) in [6.45, 7) is 4.04. The van der Waals surface area contributed by atoms with E-state index in [0.29, 0.717) is 11.3 Å². The van der Waals surface area contributed by atoms with Crippen LogP contribution in [0.15, 0.2) is 18.2 Å². The average Bonchev–Trinajstić information content (AvgIpc) is 2.29. The second-order valence-corrected chi connectivity index (χ2v) is 3.93. The van der Waals surface area contributed by atoms with Gasteiger partial charge in [0.25, 0.3) is 5.69 Å². The van der Waals surface area contributed by atoms with Crippen LogP contribution in [0.5, 0.6) is 0 Å². The highest BCUT2D eigenvalue weighted by molar-refractivity contribution is 5.64. The second kappa shape index (κ2) is 5.85.